The largest absolute Gasteiger partial charge is 0.326 e. The number of hydrogen-bond acceptors (Lipinski definition) is 3. The Morgan fingerprint density at radius 3 is 2.54 bits per heavy atom. The first-order valence-corrected chi connectivity index (χ1v) is 4.14. The van der Waals surface area contributed by atoms with Gasteiger partial charge in [-0.15, -0.1) is 0 Å². The zero-order valence-corrected chi connectivity index (χ0v) is 7.97. The molecule has 70 valence electrons. The molecule has 0 aliphatic carbocycles. The minimum Gasteiger partial charge on any atom is -0.326 e. The molecule has 0 amide bonds. The second kappa shape index (κ2) is 3.91. The van der Waals surface area contributed by atoms with Crippen LogP contribution in [0.2, 0.25) is 10.0 Å². The Hall–Kier alpha value is -0.840. The molecule has 1 rings (SSSR count). The summed E-state index contributed by atoms with van der Waals surface area (Å²) in [4.78, 5) is 9.87. The van der Waals surface area contributed by atoms with Crippen molar-refractivity contribution < 1.29 is 4.92 Å². The molecule has 1 aromatic rings. The molecule has 0 atom stereocenters. The summed E-state index contributed by atoms with van der Waals surface area (Å²) in [5, 5.41) is 10.8. The Morgan fingerprint density at radius 2 is 2.08 bits per heavy atom. The first kappa shape index (κ1) is 10.2. The summed E-state index contributed by atoms with van der Waals surface area (Å²) < 4.78 is 0. The van der Waals surface area contributed by atoms with Crippen LogP contribution in [0.25, 0.3) is 0 Å². The molecule has 0 saturated heterocycles. The maximum Gasteiger partial charge on any atom is 0.289 e. The highest BCUT2D eigenvalue weighted by atomic mass is 35.5. The first-order valence-electron chi connectivity index (χ1n) is 3.38. The van der Waals surface area contributed by atoms with Crippen molar-refractivity contribution in [2.45, 2.75) is 6.54 Å². The summed E-state index contributed by atoms with van der Waals surface area (Å²) in [6.07, 6.45) is 0. The van der Waals surface area contributed by atoms with Gasteiger partial charge in [-0.25, -0.2) is 0 Å². The van der Waals surface area contributed by atoms with E-state index in [0.717, 1.165) is 0 Å². The van der Waals surface area contributed by atoms with Crippen molar-refractivity contribution in [3.63, 3.8) is 0 Å². The molecule has 0 unspecified atom stereocenters. The van der Waals surface area contributed by atoms with Crippen LogP contribution in [0, 0.1) is 10.1 Å². The topological polar surface area (TPSA) is 69.2 Å². The van der Waals surface area contributed by atoms with Crippen LogP contribution in [0.1, 0.15) is 5.56 Å². The lowest BCUT2D eigenvalue weighted by atomic mass is 10.2. The standard InChI is InChI=1S/C7H6Cl2N2O2/c8-5-1-4(3-10)7(9)6(2-5)11(12)13/h1-2H,3,10H2. The molecule has 0 saturated carbocycles. The molecular formula is C7H6Cl2N2O2. The lowest BCUT2D eigenvalue weighted by Crippen LogP contribution is -1.99. The quantitative estimate of drug-likeness (QED) is 0.615. The smallest absolute Gasteiger partial charge is 0.289 e. The summed E-state index contributed by atoms with van der Waals surface area (Å²) >= 11 is 11.3. The second-order valence-electron chi connectivity index (χ2n) is 2.36. The summed E-state index contributed by atoms with van der Waals surface area (Å²) in [6.45, 7) is 0.125. The van der Waals surface area contributed by atoms with Gasteiger partial charge < -0.3 is 5.73 Å². The van der Waals surface area contributed by atoms with E-state index < -0.39 is 4.92 Å². The van der Waals surface area contributed by atoms with Gasteiger partial charge in [0.25, 0.3) is 5.69 Å². The van der Waals surface area contributed by atoms with Crippen LogP contribution in [0.3, 0.4) is 0 Å². The second-order valence-corrected chi connectivity index (χ2v) is 3.17. The molecule has 13 heavy (non-hydrogen) atoms. The van der Waals surface area contributed by atoms with Crippen molar-refractivity contribution in [1.82, 2.24) is 0 Å². The molecule has 0 fully saturated rings. The molecule has 0 radical (unpaired) electrons. The number of nitro groups is 1. The number of nitrogens with zero attached hydrogens (tertiary/aromatic N) is 1. The number of benzene rings is 1. The van der Waals surface area contributed by atoms with Crippen LogP contribution in [0.4, 0.5) is 5.69 Å². The Balaban J connectivity index is 3.35. The summed E-state index contributed by atoms with van der Waals surface area (Å²) in [6, 6.07) is 2.71. The fourth-order valence-electron chi connectivity index (χ4n) is 0.911. The van der Waals surface area contributed by atoms with Gasteiger partial charge in [0.05, 0.1) is 4.92 Å². The van der Waals surface area contributed by atoms with Crippen molar-refractivity contribution in [2.75, 3.05) is 0 Å². The highest BCUT2D eigenvalue weighted by Crippen LogP contribution is 2.31. The average molecular weight is 221 g/mol. The SMILES string of the molecule is NCc1cc(Cl)cc([N+](=O)[O-])c1Cl. The van der Waals surface area contributed by atoms with Gasteiger partial charge in [-0.05, 0) is 11.6 Å². The van der Waals surface area contributed by atoms with Gasteiger partial charge in [-0.2, -0.15) is 0 Å². The van der Waals surface area contributed by atoms with E-state index in [1.165, 1.54) is 12.1 Å². The van der Waals surface area contributed by atoms with E-state index in [4.69, 9.17) is 28.9 Å². The van der Waals surface area contributed by atoms with E-state index >= 15 is 0 Å². The van der Waals surface area contributed by atoms with Crippen LogP contribution in [-0.4, -0.2) is 4.92 Å². The first-order chi connectivity index (χ1) is 6.06. The molecule has 2 N–H and O–H groups in total. The van der Waals surface area contributed by atoms with Crippen molar-refractivity contribution in [2.24, 2.45) is 5.73 Å². The molecule has 0 aliphatic heterocycles. The highest BCUT2D eigenvalue weighted by molar-refractivity contribution is 6.35. The zero-order chi connectivity index (χ0) is 10.0. The van der Waals surface area contributed by atoms with Gasteiger partial charge in [-0.1, -0.05) is 23.2 Å². The lowest BCUT2D eigenvalue weighted by molar-refractivity contribution is -0.384. The molecule has 0 aliphatic rings. The predicted molar refractivity (Wildman–Crippen MR) is 51.0 cm³/mol. The maximum absolute atomic E-state index is 10.5. The van der Waals surface area contributed by atoms with E-state index in [0.29, 0.717) is 5.56 Å². The third kappa shape index (κ3) is 2.09. The van der Waals surface area contributed by atoms with Crippen molar-refractivity contribution in [3.8, 4) is 0 Å². The minimum absolute atomic E-state index is 0.0527. The summed E-state index contributed by atoms with van der Waals surface area (Å²) in [5.41, 5.74) is 5.58. The van der Waals surface area contributed by atoms with Gasteiger partial charge in [-0.3, -0.25) is 10.1 Å². The number of rotatable bonds is 2. The van der Waals surface area contributed by atoms with Gasteiger partial charge in [0.2, 0.25) is 0 Å². The van der Waals surface area contributed by atoms with Crippen LogP contribution in [0.5, 0.6) is 0 Å². The van der Waals surface area contributed by atoms with Crippen LogP contribution in [0.15, 0.2) is 12.1 Å². The van der Waals surface area contributed by atoms with Gasteiger partial charge in [0.1, 0.15) is 5.02 Å². The molecule has 0 aromatic heterocycles. The monoisotopic (exact) mass is 220 g/mol. The van der Waals surface area contributed by atoms with Crippen molar-refractivity contribution in [1.29, 1.82) is 0 Å². The van der Waals surface area contributed by atoms with Crippen molar-refractivity contribution >= 4 is 28.9 Å². The van der Waals surface area contributed by atoms with Gasteiger partial charge in [0.15, 0.2) is 0 Å². The summed E-state index contributed by atoms with van der Waals surface area (Å²) in [7, 11) is 0. The molecule has 6 heteroatoms. The van der Waals surface area contributed by atoms with E-state index in [1.54, 1.807) is 0 Å². The average Bonchev–Trinajstić information content (AvgIpc) is 2.08. The number of nitro benzene ring substituents is 1. The fraction of sp³-hybridized carbons (Fsp3) is 0.143. The molecular weight excluding hydrogens is 215 g/mol. The maximum atomic E-state index is 10.5. The van der Waals surface area contributed by atoms with Gasteiger partial charge >= 0.3 is 0 Å². The fourth-order valence-corrected chi connectivity index (χ4v) is 1.40. The van der Waals surface area contributed by atoms with Crippen LogP contribution < -0.4 is 5.73 Å². The van der Waals surface area contributed by atoms with E-state index in [-0.39, 0.29) is 22.3 Å². The van der Waals surface area contributed by atoms with Gasteiger partial charge in [0, 0.05) is 17.6 Å². The highest BCUT2D eigenvalue weighted by Gasteiger charge is 2.16. The number of nitrogens with two attached hydrogens (primary N) is 1. The van der Waals surface area contributed by atoms with Crippen LogP contribution in [-0.2, 0) is 6.54 Å². The Labute approximate surface area is 84.4 Å². The van der Waals surface area contributed by atoms with E-state index in [9.17, 15) is 10.1 Å². The molecule has 0 spiro atoms. The normalized spacial score (nSPS) is 10.1. The molecule has 4 nitrogen and oxygen atoms in total. The van der Waals surface area contributed by atoms with E-state index in [1.807, 2.05) is 0 Å². The lowest BCUT2D eigenvalue weighted by Gasteiger charge is -2.02. The summed E-state index contributed by atoms with van der Waals surface area (Å²) in [5.74, 6) is 0. The predicted octanol–water partition coefficient (Wildman–Crippen LogP) is 2.36. The Kier molecular flexibility index (Phi) is 3.08. The zero-order valence-electron chi connectivity index (χ0n) is 6.46. The van der Waals surface area contributed by atoms with E-state index in [2.05, 4.69) is 0 Å². The Bertz CT molecular complexity index is 355. The third-order valence-corrected chi connectivity index (χ3v) is 2.16. The Morgan fingerprint density at radius 1 is 1.46 bits per heavy atom. The molecule has 0 heterocycles. The number of hydrogen-bond donors (Lipinski definition) is 1. The van der Waals surface area contributed by atoms with Crippen LogP contribution >= 0.6 is 23.2 Å². The molecule has 0 bridgehead atoms. The minimum atomic E-state index is -0.590. The third-order valence-electron chi connectivity index (χ3n) is 1.51. The van der Waals surface area contributed by atoms with Crippen molar-refractivity contribution in [3.05, 3.63) is 37.9 Å². The molecule has 1 aromatic carbocycles. The number of halogens is 2.